The molecule has 1 unspecified atom stereocenters. The van der Waals surface area contributed by atoms with E-state index in [-0.39, 0.29) is 11.8 Å². The lowest BCUT2D eigenvalue weighted by Gasteiger charge is -2.27. The highest BCUT2D eigenvalue weighted by Gasteiger charge is 2.37. The Labute approximate surface area is 119 Å². The van der Waals surface area contributed by atoms with Crippen molar-refractivity contribution in [2.45, 2.75) is 43.6 Å². The maximum Gasteiger partial charge on any atom is 0.220 e. The smallest absolute Gasteiger partial charge is 0.220 e. The third-order valence-electron chi connectivity index (χ3n) is 4.60. The highest BCUT2D eigenvalue weighted by molar-refractivity contribution is 5.79. The number of methoxy groups -OCH3 is 1. The average molecular weight is 275 g/mol. The normalized spacial score (nSPS) is 24.7. The van der Waals surface area contributed by atoms with Gasteiger partial charge in [-0.05, 0) is 18.4 Å². The Morgan fingerprint density at radius 1 is 1.35 bits per heavy atom. The van der Waals surface area contributed by atoms with Gasteiger partial charge in [-0.15, -0.1) is 0 Å². The lowest BCUT2D eigenvalue weighted by Crippen LogP contribution is -2.22. The molecule has 1 aromatic carbocycles. The van der Waals surface area contributed by atoms with Gasteiger partial charge in [-0.1, -0.05) is 31.0 Å². The summed E-state index contributed by atoms with van der Waals surface area (Å²) < 4.78 is 5.60. The predicted octanol–water partition coefficient (Wildman–Crippen LogP) is 2.06. The molecule has 2 fully saturated rings. The van der Waals surface area contributed by atoms with Crippen LogP contribution in [-0.4, -0.2) is 24.7 Å². The zero-order valence-electron chi connectivity index (χ0n) is 11.8. The maximum atomic E-state index is 11.4. The molecule has 1 aliphatic heterocycles. The lowest BCUT2D eigenvalue weighted by atomic mass is 9.86. The van der Waals surface area contributed by atoms with Gasteiger partial charge in [-0.25, -0.2) is 0 Å². The van der Waals surface area contributed by atoms with E-state index in [0.717, 1.165) is 42.6 Å². The number of para-hydroxylation sites is 1. The standard InChI is InChI=1S/C16H21NO3/c1-20-15-12(11-9-14(18)17-10-11)5-4-6-13(15)16(19)7-2-3-8-16/h4-6,11,19H,2-3,7-10H2,1H3,(H,17,18). The molecule has 4 heteroatoms. The number of benzene rings is 1. The van der Waals surface area contributed by atoms with Gasteiger partial charge in [-0.2, -0.15) is 0 Å². The number of amides is 1. The molecule has 2 aliphatic rings. The maximum absolute atomic E-state index is 11.4. The molecule has 0 bridgehead atoms. The van der Waals surface area contributed by atoms with Gasteiger partial charge < -0.3 is 15.2 Å². The summed E-state index contributed by atoms with van der Waals surface area (Å²) in [6.07, 6.45) is 4.17. The van der Waals surface area contributed by atoms with Gasteiger partial charge in [0, 0.05) is 24.4 Å². The molecule has 0 spiro atoms. The first kappa shape index (κ1) is 13.4. The molecular formula is C16H21NO3. The third-order valence-corrected chi connectivity index (χ3v) is 4.60. The van der Waals surface area contributed by atoms with E-state index in [4.69, 9.17) is 4.74 Å². The summed E-state index contributed by atoms with van der Waals surface area (Å²) in [5, 5.41) is 13.7. The topological polar surface area (TPSA) is 58.6 Å². The van der Waals surface area contributed by atoms with Crippen molar-refractivity contribution in [3.05, 3.63) is 29.3 Å². The number of nitrogens with one attached hydrogen (secondary N) is 1. The van der Waals surface area contributed by atoms with Crippen LogP contribution in [0.3, 0.4) is 0 Å². The van der Waals surface area contributed by atoms with Gasteiger partial charge in [-0.3, -0.25) is 4.79 Å². The molecule has 1 atom stereocenters. The summed E-state index contributed by atoms with van der Waals surface area (Å²) in [5.41, 5.74) is 1.15. The van der Waals surface area contributed by atoms with E-state index in [1.54, 1.807) is 7.11 Å². The number of carbonyl (C=O) groups is 1. The minimum absolute atomic E-state index is 0.0852. The van der Waals surface area contributed by atoms with E-state index in [1.807, 2.05) is 18.2 Å². The van der Waals surface area contributed by atoms with E-state index < -0.39 is 5.60 Å². The highest BCUT2D eigenvalue weighted by atomic mass is 16.5. The fourth-order valence-electron chi connectivity index (χ4n) is 3.52. The Kier molecular flexibility index (Phi) is 3.42. The Morgan fingerprint density at radius 2 is 2.10 bits per heavy atom. The third kappa shape index (κ3) is 2.18. The van der Waals surface area contributed by atoms with Crippen molar-refractivity contribution >= 4 is 5.91 Å². The number of hydrogen-bond acceptors (Lipinski definition) is 3. The number of aliphatic hydroxyl groups is 1. The fraction of sp³-hybridized carbons (Fsp3) is 0.562. The van der Waals surface area contributed by atoms with Gasteiger partial charge >= 0.3 is 0 Å². The molecule has 4 nitrogen and oxygen atoms in total. The van der Waals surface area contributed by atoms with Gasteiger partial charge in [0.25, 0.3) is 0 Å². The van der Waals surface area contributed by atoms with Crippen molar-refractivity contribution in [1.29, 1.82) is 0 Å². The first-order valence-corrected chi connectivity index (χ1v) is 7.30. The van der Waals surface area contributed by atoms with Crippen LogP contribution in [0.5, 0.6) is 5.75 Å². The highest BCUT2D eigenvalue weighted by Crippen LogP contribution is 2.45. The van der Waals surface area contributed by atoms with E-state index in [1.165, 1.54) is 0 Å². The average Bonchev–Trinajstić information content (AvgIpc) is 3.07. The fourth-order valence-corrected chi connectivity index (χ4v) is 3.52. The van der Waals surface area contributed by atoms with Gasteiger partial charge in [0.1, 0.15) is 5.75 Å². The zero-order valence-corrected chi connectivity index (χ0v) is 11.8. The summed E-state index contributed by atoms with van der Waals surface area (Å²) in [5.74, 6) is 0.989. The largest absolute Gasteiger partial charge is 0.496 e. The lowest BCUT2D eigenvalue weighted by molar-refractivity contribution is -0.119. The molecule has 20 heavy (non-hydrogen) atoms. The number of hydrogen-bond donors (Lipinski definition) is 2. The molecule has 1 aromatic rings. The number of ether oxygens (including phenoxy) is 1. The molecule has 1 saturated heterocycles. The van der Waals surface area contributed by atoms with Crippen LogP contribution < -0.4 is 10.1 Å². The monoisotopic (exact) mass is 275 g/mol. The Hall–Kier alpha value is -1.55. The minimum Gasteiger partial charge on any atom is -0.496 e. The Balaban J connectivity index is 2.01. The van der Waals surface area contributed by atoms with E-state index in [2.05, 4.69) is 5.32 Å². The SMILES string of the molecule is COc1c(C2CNC(=O)C2)cccc1C1(O)CCCC1. The first-order valence-electron chi connectivity index (χ1n) is 7.30. The molecular weight excluding hydrogens is 254 g/mol. The summed E-state index contributed by atoms with van der Waals surface area (Å²) in [6, 6.07) is 5.93. The second-order valence-electron chi connectivity index (χ2n) is 5.87. The molecule has 1 saturated carbocycles. The van der Waals surface area contributed by atoms with Crippen molar-refractivity contribution in [2.75, 3.05) is 13.7 Å². The van der Waals surface area contributed by atoms with E-state index in [9.17, 15) is 9.90 Å². The minimum atomic E-state index is -0.766. The van der Waals surface area contributed by atoms with Crippen LogP contribution in [0, 0.1) is 0 Å². The van der Waals surface area contributed by atoms with Crippen molar-refractivity contribution in [2.24, 2.45) is 0 Å². The summed E-state index contributed by atoms with van der Waals surface area (Å²) in [4.78, 5) is 11.4. The Bertz CT molecular complexity index is 520. The zero-order chi connectivity index (χ0) is 14.2. The molecule has 3 rings (SSSR count). The van der Waals surface area contributed by atoms with Crippen LogP contribution in [0.1, 0.15) is 49.1 Å². The predicted molar refractivity (Wildman–Crippen MR) is 75.7 cm³/mol. The van der Waals surface area contributed by atoms with Crippen molar-refractivity contribution in [1.82, 2.24) is 5.32 Å². The number of carbonyl (C=O) groups excluding carboxylic acids is 1. The van der Waals surface area contributed by atoms with E-state index >= 15 is 0 Å². The van der Waals surface area contributed by atoms with Crippen LogP contribution in [0.25, 0.3) is 0 Å². The van der Waals surface area contributed by atoms with Crippen LogP contribution in [-0.2, 0) is 10.4 Å². The second kappa shape index (κ2) is 5.09. The number of rotatable bonds is 3. The molecule has 108 valence electrons. The summed E-state index contributed by atoms with van der Waals surface area (Å²) in [6.45, 7) is 0.650. The molecule has 0 aromatic heterocycles. The summed E-state index contributed by atoms with van der Waals surface area (Å²) >= 11 is 0. The van der Waals surface area contributed by atoms with E-state index in [0.29, 0.717) is 13.0 Å². The second-order valence-corrected chi connectivity index (χ2v) is 5.87. The molecule has 0 radical (unpaired) electrons. The van der Waals surface area contributed by atoms with Gasteiger partial charge in [0.05, 0.1) is 12.7 Å². The molecule has 2 N–H and O–H groups in total. The molecule has 1 heterocycles. The molecule has 1 aliphatic carbocycles. The van der Waals surface area contributed by atoms with Crippen LogP contribution >= 0.6 is 0 Å². The van der Waals surface area contributed by atoms with Crippen molar-refractivity contribution in [3.63, 3.8) is 0 Å². The van der Waals surface area contributed by atoms with Crippen LogP contribution in [0.15, 0.2) is 18.2 Å². The quantitative estimate of drug-likeness (QED) is 0.887. The summed E-state index contributed by atoms with van der Waals surface area (Å²) in [7, 11) is 1.64. The van der Waals surface area contributed by atoms with Crippen molar-refractivity contribution in [3.8, 4) is 5.75 Å². The van der Waals surface area contributed by atoms with Crippen LogP contribution in [0.4, 0.5) is 0 Å². The Morgan fingerprint density at radius 3 is 2.70 bits per heavy atom. The molecule has 1 amide bonds. The van der Waals surface area contributed by atoms with Crippen LogP contribution in [0.2, 0.25) is 0 Å². The van der Waals surface area contributed by atoms with Crippen molar-refractivity contribution < 1.29 is 14.6 Å². The van der Waals surface area contributed by atoms with Gasteiger partial charge in [0.2, 0.25) is 5.91 Å². The van der Waals surface area contributed by atoms with Gasteiger partial charge in [0.15, 0.2) is 0 Å². The first-order chi connectivity index (χ1) is 9.64.